The van der Waals surface area contributed by atoms with Crippen molar-refractivity contribution in [1.29, 1.82) is 0 Å². The molecule has 0 radical (unpaired) electrons. The summed E-state index contributed by atoms with van der Waals surface area (Å²) in [4.78, 5) is 25.0. The fourth-order valence-corrected chi connectivity index (χ4v) is 2.85. The Labute approximate surface area is 163 Å². The van der Waals surface area contributed by atoms with Gasteiger partial charge in [0.15, 0.2) is 5.78 Å². The molecule has 3 aromatic carbocycles. The van der Waals surface area contributed by atoms with Gasteiger partial charge in [0.1, 0.15) is 6.61 Å². The Balaban J connectivity index is 1.74. The number of rotatable bonds is 7. The van der Waals surface area contributed by atoms with Crippen molar-refractivity contribution in [3.63, 3.8) is 0 Å². The van der Waals surface area contributed by atoms with Crippen LogP contribution in [0.5, 0.6) is 0 Å². The SMILES string of the molecule is O=C(CC(c1ccccc1)N(O)C(=O)OCc1ccccc1)c1ccccc1. The summed E-state index contributed by atoms with van der Waals surface area (Å²) in [7, 11) is 0. The summed E-state index contributed by atoms with van der Waals surface area (Å²) in [6.45, 7) is 0.0326. The molecule has 0 aliphatic heterocycles. The van der Waals surface area contributed by atoms with E-state index in [-0.39, 0.29) is 18.8 Å². The quantitative estimate of drug-likeness (QED) is 0.357. The third-order valence-electron chi connectivity index (χ3n) is 4.35. The Morgan fingerprint density at radius 1 is 0.821 bits per heavy atom. The first-order valence-electron chi connectivity index (χ1n) is 8.97. The molecule has 0 saturated heterocycles. The number of hydrogen-bond acceptors (Lipinski definition) is 4. The molecule has 0 saturated carbocycles. The molecule has 0 aliphatic rings. The number of hydroxylamine groups is 2. The molecule has 5 nitrogen and oxygen atoms in total. The Kier molecular flexibility index (Phi) is 6.54. The lowest BCUT2D eigenvalue weighted by molar-refractivity contribution is -0.107. The second kappa shape index (κ2) is 9.48. The van der Waals surface area contributed by atoms with E-state index in [1.165, 1.54) is 0 Å². The standard InChI is InChI=1S/C23H21NO4/c25-22(20-14-8-3-9-15-20)16-21(19-12-6-2-7-13-19)24(27)23(26)28-17-18-10-4-1-5-11-18/h1-15,21,27H,16-17H2. The van der Waals surface area contributed by atoms with Crippen molar-refractivity contribution >= 4 is 11.9 Å². The Bertz CT molecular complexity index is 898. The second-order valence-corrected chi connectivity index (χ2v) is 6.30. The van der Waals surface area contributed by atoms with E-state index in [1.807, 2.05) is 42.5 Å². The largest absolute Gasteiger partial charge is 0.443 e. The van der Waals surface area contributed by atoms with Gasteiger partial charge >= 0.3 is 6.09 Å². The summed E-state index contributed by atoms with van der Waals surface area (Å²) in [5.74, 6) is -0.177. The molecule has 5 heteroatoms. The van der Waals surface area contributed by atoms with Crippen molar-refractivity contribution in [1.82, 2.24) is 5.06 Å². The van der Waals surface area contributed by atoms with Crippen molar-refractivity contribution in [3.05, 3.63) is 108 Å². The first-order valence-corrected chi connectivity index (χ1v) is 8.97. The minimum absolute atomic E-state index is 0.0326. The van der Waals surface area contributed by atoms with Gasteiger partial charge in [0.05, 0.1) is 6.04 Å². The van der Waals surface area contributed by atoms with E-state index in [1.54, 1.807) is 48.5 Å². The van der Waals surface area contributed by atoms with Crippen LogP contribution in [0.3, 0.4) is 0 Å². The van der Waals surface area contributed by atoms with Crippen LogP contribution in [0.15, 0.2) is 91.0 Å². The molecule has 0 heterocycles. The van der Waals surface area contributed by atoms with Gasteiger partial charge in [0, 0.05) is 12.0 Å². The van der Waals surface area contributed by atoms with Gasteiger partial charge in [0.25, 0.3) is 0 Å². The zero-order valence-corrected chi connectivity index (χ0v) is 15.3. The van der Waals surface area contributed by atoms with E-state index >= 15 is 0 Å². The summed E-state index contributed by atoms with van der Waals surface area (Å²) in [5, 5.41) is 11.0. The third kappa shape index (κ3) is 5.05. The number of ether oxygens (including phenoxy) is 1. The van der Waals surface area contributed by atoms with E-state index in [2.05, 4.69) is 0 Å². The molecule has 0 aliphatic carbocycles. The van der Waals surface area contributed by atoms with Crippen LogP contribution >= 0.6 is 0 Å². The summed E-state index contributed by atoms with van der Waals surface area (Å²) >= 11 is 0. The fourth-order valence-electron chi connectivity index (χ4n) is 2.85. The summed E-state index contributed by atoms with van der Waals surface area (Å²) in [6, 6.07) is 26.1. The Hall–Kier alpha value is -3.44. The molecule has 0 aromatic heterocycles. The van der Waals surface area contributed by atoms with Gasteiger partial charge in [-0.2, -0.15) is 5.06 Å². The topological polar surface area (TPSA) is 66.8 Å². The van der Waals surface area contributed by atoms with Gasteiger partial charge in [-0.3, -0.25) is 10.0 Å². The lowest BCUT2D eigenvalue weighted by atomic mass is 9.98. The number of hydrogen-bond donors (Lipinski definition) is 1. The van der Waals surface area contributed by atoms with Crippen LogP contribution in [0.1, 0.15) is 33.9 Å². The van der Waals surface area contributed by atoms with Gasteiger partial charge in [-0.05, 0) is 11.1 Å². The normalized spacial score (nSPS) is 11.5. The predicted molar refractivity (Wildman–Crippen MR) is 105 cm³/mol. The smallest absolute Gasteiger partial charge is 0.434 e. The summed E-state index contributed by atoms with van der Waals surface area (Å²) in [5.41, 5.74) is 1.97. The highest BCUT2D eigenvalue weighted by Crippen LogP contribution is 2.25. The molecule has 1 atom stereocenters. The van der Waals surface area contributed by atoms with E-state index in [4.69, 9.17) is 4.74 Å². The van der Waals surface area contributed by atoms with Gasteiger partial charge in [0.2, 0.25) is 0 Å². The van der Waals surface area contributed by atoms with Gasteiger partial charge in [-0.25, -0.2) is 4.79 Å². The van der Waals surface area contributed by atoms with Crippen LogP contribution in [0.4, 0.5) is 4.79 Å². The van der Waals surface area contributed by atoms with Crippen LogP contribution in [0.25, 0.3) is 0 Å². The van der Waals surface area contributed by atoms with Crippen LogP contribution in [0.2, 0.25) is 0 Å². The molecule has 0 spiro atoms. The number of carbonyl (C=O) groups is 2. The van der Waals surface area contributed by atoms with E-state index in [0.717, 1.165) is 5.56 Å². The molecule has 28 heavy (non-hydrogen) atoms. The summed E-state index contributed by atoms with van der Waals surface area (Å²) in [6.07, 6.45) is -0.969. The molecular weight excluding hydrogens is 354 g/mol. The number of benzene rings is 3. The molecule has 1 N–H and O–H groups in total. The highest BCUT2D eigenvalue weighted by Gasteiger charge is 2.28. The monoisotopic (exact) mass is 375 g/mol. The van der Waals surface area contributed by atoms with E-state index in [0.29, 0.717) is 16.2 Å². The third-order valence-corrected chi connectivity index (χ3v) is 4.35. The maximum atomic E-state index is 12.6. The highest BCUT2D eigenvalue weighted by molar-refractivity contribution is 5.96. The number of amides is 1. The van der Waals surface area contributed by atoms with E-state index in [9.17, 15) is 14.8 Å². The number of Topliss-reactive ketones (excluding diaryl/α,β-unsaturated/α-hetero) is 1. The highest BCUT2D eigenvalue weighted by atomic mass is 16.6. The lowest BCUT2D eigenvalue weighted by Crippen LogP contribution is -2.33. The number of ketones is 1. The molecule has 1 amide bonds. The number of carbonyl (C=O) groups excluding carboxylic acids is 2. The van der Waals surface area contributed by atoms with E-state index < -0.39 is 12.1 Å². The maximum Gasteiger partial charge on any atom is 0.434 e. The van der Waals surface area contributed by atoms with Gasteiger partial charge in [-0.1, -0.05) is 91.0 Å². The van der Waals surface area contributed by atoms with Crippen LogP contribution in [-0.2, 0) is 11.3 Å². The van der Waals surface area contributed by atoms with Crippen LogP contribution < -0.4 is 0 Å². The second-order valence-electron chi connectivity index (χ2n) is 6.30. The first-order chi connectivity index (χ1) is 13.6. The summed E-state index contributed by atoms with van der Waals surface area (Å²) < 4.78 is 5.21. The average molecular weight is 375 g/mol. The van der Waals surface area contributed by atoms with Crippen molar-refractivity contribution in [2.45, 2.75) is 19.1 Å². The van der Waals surface area contributed by atoms with Gasteiger partial charge < -0.3 is 4.74 Å². The minimum atomic E-state index is -0.904. The number of nitrogens with zero attached hydrogens (tertiary/aromatic N) is 1. The molecule has 1 unspecified atom stereocenters. The van der Waals surface area contributed by atoms with Gasteiger partial charge in [-0.15, -0.1) is 0 Å². The zero-order valence-electron chi connectivity index (χ0n) is 15.3. The minimum Gasteiger partial charge on any atom is -0.443 e. The van der Waals surface area contributed by atoms with Crippen molar-refractivity contribution in [2.75, 3.05) is 0 Å². The molecule has 3 rings (SSSR count). The van der Waals surface area contributed by atoms with Crippen molar-refractivity contribution in [2.24, 2.45) is 0 Å². The average Bonchev–Trinajstić information content (AvgIpc) is 2.77. The first kappa shape index (κ1) is 19.3. The molecular formula is C23H21NO4. The Morgan fingerprint density at radius 3 is 1.96 bits per heavy atom. The molecule has 0 bridgehead atoms. The van der Waals surface area contributed by atoms with Crippen LogP contribution in [-0.4, -0.2) is 22.1 Å². The molecule has 0 fully saturated rings. The predicted octanol–water partition coefficient (Wildman–Crippen LogP) is 5.03. The lowest BCUT2D eigenvalue weighted by Gasteiger charge is -2.25. The van der Waals surface area contributed by atoms with Crippen LogP contribution in [0, 0.1) is 0 Å². The molecule has 142 valence electrons. The van der Waals surface area contributed by atoms with Crippen molar-refractivity contribution < 1.29 is 19.5 Å². The van der Waals surface area contributed by atoms with Crippen molar-refractivity contribution in [3.8, 4) is 0 Å². The maximum absolute atomic E-state index is 12.6. The Morgan fingerprint density at radius 2 is 1.36 bits per heavy atom. The zero-order chi connectivity index (χ0) is 19.8. The molecule has 3 aromatic rings. The fraction of sp³-hybridized carbons (Fsp3) is 0.130.